The summed E-state index contributed by atoms with van der Waals surface area (Å²) in [5.41, 5.74) is 0. The van der Waals surface area contributed by atoms with Gasteiger partial charge in [0.15, 0.2) is 0 Å². The van der Waals surface area contributed by atoms with Crippen molar-refractivity contribution in [3.63, 3.8) is 0 Å². The second kappa shape index (κ2) is 77.3. The van der Waals surface area contributed by atoms with Crippen LogP contribution in [0.5, 0.6) is 0 Å². The summed E-state index contributed by atoms with van der Waals surface area (Å²) in [4.78, 5) is 0. The average Bonchev–Trinajstić information content (AvgIpc) is 0. The summed E-state index contributed by atoms with van der Waals surface area (Å²) in [7, 11) is 0. The predicted molar refractivity (Wildman–Crippen MR) is 20.0 cm³/mol. The van der Waals surface area contributed by atoms with Crippen LogP contribution in [0.15, 0.2) is 0 Å². The molecule has 32 valence electrons. The molecule has 0 aromatic carbocycles. The Balaban J connectivity index is 0. The van der Waals surface area contributed by atoms with Crippen LogP contribution in [0.25, 0.3) is 0 Å². The van der Waals surface area contributed by atoms with Gasteiger partial charge in [0.05, 0.1) is 0 Å². The molecule has 0 rings (SSSR count). The van der Waals surface area contributed by atoms with Gasteiger partial charge in [-0.2, -0.15) is 0 Å². The molecule has 0 radical (unpaired) electrons. The van der Waals surface area contributed by atoms with Gasteiger partial charge in [-0.3, -0.25) is 0 Å². The van der Waals surface area contributed by atoms with E-state index in [2.05, 4.69) is 0 Å². The topological polar surface area (TPSA) is 114 Å². The van der Waals surface area contributed by atoms with Crippen LogP contribution >= 0.6 is 0 Å². The third-order valence-corrected chi connectivity index (χ3v) is 0. The molecule has 0 amide bonds. The summed E-state index contributed by atoms with van der Waals surface area (Å²) in [6, 6.07) is 0. The third-order valence-electron chi connectivity index (χ3n) is 0. The third kappa shape index (κ3) is 58.0. The van der Waals surface area contributed by atoms with Crippen LogP contribution in [-0.2, 0) is 21.9 Å². The molecule has 0 bridgehead atoms. The molecule has 0 saturated heterocycles. The van der Waals surface area contributed by atoms with E-state index in [0.717, 1.165) is 0 Å². The van der Waals surface area contributed by atoms with Crippen LogP contribution in [0.2, 0.25) is 0 Å². The molecule has 7 heteroatoms. The van der Waals surface area contributed by atoms with Crippen LogP contribution < -0.4 is 0 Å². The Morgan fingerprint density at radius 2 is 0.429 bits per heavy atom. The maximum absolute atomic E-state index is 0. The van der Waals surface area contributed by atoms with Crippen molar-refractivity contribution in [2.24, 2.45) is 0 Å². The van der Waals surface area contributed by atoms with Crippen LogP contribution in [0, 0.1) is 0 Å². The molecule has 0 heterocycles. The number of hydrogen-bond donors (Lipinski definition) is 0. The van der Waals surface area contributed by atoms with E-state index in [1.807, 2.05) is 0 Å². The quantitative estimate of drug-likeness (QED) is 0.463. The largest absolute Gasteiger partial charge is 3.00 e. The molecule has 0 spiro atoms. The van der Waals surface area contributed by atoms with E-state index in [-0.39, 0.29) is 106 Å². The van der Waals surface area contributed by atoms with Gasteiger partial charge in [0.2, 0.25) is 0 Å². The first-order valence-electron chi connectivity index (χ1n) is 0. The van der Waals surface area contributed by atoms with Gasteiger partial charge in [0, 0.05) is 0 Å². The molecular formula is Al2BaO4. The smallest absolute Gasteiger partial charge is 2.00 e. The fourth-order valence-electron chi connectivity index (χ4n) is 0. The first-order chi connectivity index (χ1) is 0. The minimum Gasteiger partial charge on any atom is -2.00 e. The van der Waals surface area contributed by atoms with Crippen molar-refractivity contribution in [2.75, 3.05) is 0 Å². The maximum atomic E-state index is 0. The molecule has 0 fully saturated rings. The minimum atomic E-state index is 0. The Morgan fingerprint density at radius 3 is 0.429 bits per heavy atom. The van der Waals surface area contributed by atoms with Gasteiger partial charge >= 0.3 is 83.6 Å². The predicted octanol–water partition coefficient (Wildman–Crippen LogP) is -1.62. The van der Waals surface area contributed by atoms with Gasteiger partial charge in [-0.05, 0) is 0 Å². The van der Waals surface area contributed by atoms with E-state index in [1.54, 1.807) is 0 Å². The molecule has 0 aromatic heterocycles. The second-order valence-corrected chi connectivity index (χ2v) is 0. The monoisotopic (exact) mass is 256 g/mol. The molecule has 0 aliphatic rings. The van der Waals surface area contributed by atoms with E-state index in [1.165, 1.54) is 0 Å². The molecule has 0 aliphatic heterocycles. The Bertz CT molecular complexity index is 9.65. The molecule has 0 aromatic rings. The average molecular weight is 255 g/mol. The first-order valence-corrected chi connectivity index (χ1v) is 0. The SMILES string of the molecule is [Al+3].[Al+3].[Ba+2].[O-2].[O-2].[O-2].[O-2]. The van der Waals surface area contributed by atoms with Gasteiger partial charge in [-0.1, -0.05) is 0 Å². The minimum absolute atomic E-state index is 0. The summed E-state index contributed by atoms with van der Waals surface area (Å²) in [6.45, 7) is 0. The van der Waals surface area contributed by atoms with Crippen molar-refractivity contribution in [1.82, 2.24) is 0 Å². The Kier molecular flexibility index (Phi) is 1230. The summed E-state index contributed by atoms with van der Waals surface area (Å²) in [6.07, 6.45) is 0. The normalized spacial score (nSPS) is 0. The molecule has 0 atom stereocenters. The summed E-state index contributed by atoms with van der Waals surface area (Å²) in [5.74, 6) is 0. The van der Waals surface area contributed by atoms with Crippen LogP contribution in [-0.4, -0.2) is 83.6 Å². The van der Waals surface area contributed by atoms with Gasteiger partial charge in [-0.15, -0.1) is 0 Å². The van der Waals surface area contributed by atoms with Crippen molar-refractivity contribution in [1.29, 1.82) is 0 Å². The van der Waals surface area contributed by atoms with Crippen LogP contribution in [0.1, 0.15) is 0 Å². The first kappa shape index (κ1) is 111. The van der Waals surface area contributed by atoms with E-state index in [0.29, 0.717) is 0 Å². The van der Waals surface area contributed by atoms with Crippen molar-refractivity contribution >= 4 is 83.6 Å². The van der Waals surface area contributed by atoms with Crippen molar-refractivity contribution < 1.29 is 21.9 Å². The molecule has 4 nitrogen and oxygen atoms in total. The Hall–Kier alpha value is 2.48. The van der Waals surface area contributed by atoms with Gasteiger partial charge in [-0.25, -0.2) is 0 Å². The number of rotatable bonds is 0. The van der Waals surface area contributed by atoms with Crippen molar-refractivity contribution in [3.8, 4) is 0 Å². The van der Waals surface area contributed by atoms with Crippen LogP contribution in [0.4, 0.5) is 0 Å². The Labute approximate surface area is 104 Å². The Morgan fingerprint density at radius 1 is 0.429 bits per heavy atom. The van der Waals surface area contributed by atoms with E-state index >= 15 is 0 Å². The summed E-state index contributed by atoms with van der Waals surface area (Å²) < 4.78 is 0. The van der Waals surface area contributed by atoms with E-state index < -0.39 is 0 Å². The van der Waals surface area contributed by atoms with E-state index in [9.17, 15) is 0 Å². The maximum Gasteiger partial charge on any atom is 3.00 e. The van der Waals surface area contributed by atoms with Crippen LogP contribution in [0.3, 0.4) is 0 Å². The molecule has 0 N–H and O–H groups in total. The van der Waals surface area contributed by atoms with Crippen molar-refractivity contribution in [2.45, 2.75) is 0 Å². The molecule has 0 aliphatic carbocycles. The molecular weight excluding hydrogens is 255 g/mol. The van der Waals surface area contributed by atoms with Gasteiger partial charge in [0.25, 0.3) is 0 Å². The molecule has 7 heavy (non-hydrogen) atoms. The zero-order valence-corrected chi connectivity index (χ0v) is 10.2. The second-order valence-electron chi connectivity index (χ2n) is 0. The van der Waals surface area contributed by atoms with E-state index in [4.69, 9.17) is 0 Å². The zero-order valence-electron chi connectivity index (χ0n) is 3.49. The number of hydrogen-bond acceptors (Lipinski definition) is 0. The fourth-order valence-corrected chi connectivity index (χ4v) is 0. The molecule has 0 saturated carbocycles. The summed E-state index contributed by atoms with van der Waals surface area (Å²) >= 11 is 0. The molecule has 0 unspecified atom stereocenters. The standard InChI is InChI=1S/2Al.Ba.4O/q2*+3;+2;4*-2. The van der Waals surface area contributed by atoms with Gasteiger partial charge in [0.1, 0.15) is 0 Å². The fraction of sp³-hybridized carbons (Fsp3) is 0. The van der Waals surface area contributed by atoms with Crippen molar-refractivity contribution in [3.05, 3.63) is 0 Å². The summed E-state index contributed by atoms with van der Waals surface area (Å²) in [5, 5.41) is 0. The van der Waals surface area contributed by atoms with Gasteiger partial charge < -0.3 is 21.9 Å². The zero-order chi connectivity index (χ0) is 0.